The van der Waals surface area contributed by atoms with Crippen molar-refractivity contribution in [2.24, 2.45) is 0 Å². The Morgan fingerprint density at radius 2 is 0.759 bits per heavy atom. The molecular weight excluding hydrogens is 467 g/mol. The maximum absolute atomic E-state index is 10.2. The van der Waals surface area contributed by atoms with Crippen LogP contribution in [-0.2, 0) is 69.2 Å². The van der Waals surface area contributed by atoms with Gasteiger partial charge in [-0.25, -0.2) is 0 Å². The molecule has 0 heterocycles. The van der Waals surface area contributed by atoms with Crippen LogP contribution in [0.25, 0.3) is 0 Å². The quantitative estimate of drug-likeness (QED) is 0.316. The molecule has 0 fully saturated rings. The van der Waals surface area contributed by atoms with Gasteiger partial charge >= 0.3 is 17.9 Å². The second-order valence-electron chi connectivity index (χ2n) is 5.46. The van der Waals surface area contributed by atoms with Crippen molar-refractivity contribution in [2.75, 3.05) is 21.3 Å². The van der Waals surface area contributed by atoms with Crippen LogP contribution in [0.4, 0.5) is 0 Å². The van der Waals surface area contributed by atoms with Crippen molar-refractivity contribution in [2.45, 2.75) is 60.0 Å². The van der Waals surface area contributed by atoms with Crippen LogP contribution < -0.4 is 0 Å². The minimum Gasteiger partial charge on any atom is -0.469 e. The summed E-state index contributed by atoms with van der Waals surface area (Å²) < 4.78 is 12.6. The molecule has 0 saturated heterocycles. The maximum Gasteiger partial charge on any atom is 0.313 e. The van der Waals surface area contributed by atoms with Gasteiger partial charge in [-0.2, -0.15) is 0 Å². The van der Waals surface area contributed by atoms with Gasteiger partial charge in [0.05, 0.1) is 21.3 Å². The van der Waals surface area contributed by atoms with E-state index in [2.05, 4.69) is 14.2 Å². The molecule has 168 valence electrons. The summed E-state index contributed by atoms with van der Waals surface area (Å²) in [7, 11) is 3.77. The number of ether oxygens (including phenoxy) is 3. The smallest absolute Gasteiger partial charge is 0.313 e. The molecule has 0 rings (SSSR count). The summed E-state index contributed by atoms with van der Waals surface area (Å²) >= 11 is 0. The van der Waals surface area contributed by atoms with Crippen LogP contribution in [0, 0.1) is 0 Å². The molecule has 29 heavy (non-hydrogen) atoms. The van der Waals surface area contributed by atoms with Crippen LogP contribution >= 0.6 is 0 Å². The molecule has 11 heteroatoms. The van der Waals surface area contributed by atoms with Gasteiger partial charge in [0.25, 0.3) is 0 Å². The van der Waals surface area contributed by atoms with Gasteiger partial charge in [0.2, 0.25) is 0 Å². The van der Waals surface area contributed by atoms with Crippen molar-refractivity contribution < 1.29 is 74.3 Å². The molecule has 0 bridgehead atoms. The van der Waals surface area contributed by atoms with E-state index in [1.165, 1.54) is 42.1 Å². The second kappa shape index (κ2) is 26.3. The summed E-state index contributed by atoms with van der Waals surface area (Å²) in [5.74, 6) is -1.93. The molecule has 0 radical (unpaired) electrons. The Morgan fingerprint density at radius 3 is 0.793 bits per heavy atom. The molecule has 10 nitrogen and oxygen atoms in total. The Balaban J connectivity index is -0.0000000896. The van der Waals surface area contributed by atoms with E-state index in [0.29, 0.717) is 0 Å². The topological polar surface area (TPSA) is 150 Å². The van der Waals surface area contributed by atoms with Crippen molar-refractivity contribution in [3.8, 4) is 0 Å². The summed E-state index contributed by atoms with van der Waals surface area (Å²) in [4.78, 5) is 60.9. The van der Waals surface area contributed by atoms with Gasteiger partial charge < -0.3 is 19.3 Å². The predicted octanol–water partition coefficient (Wildman–Crippen LogP) is 0.800. The number of esters is 3. The van der Waals surface area contributed by atoms with E-state index >= 15 is 0 Å². The average molecular weight is 500 g/mol. The first-order chi connectivity index (χ1) is 12.7. The number of rotatable bonds is 6. The first-order valence-corrected chi connectivity index (χ1v) is 8.10. The Kier molecular flexibility index (Phi) is 34.4. The molecule has 0 aliphatic heterocycles. The van der Waals surface area contributed by atoms with Crippen LogP contribution in [0.15, 0.2) is 0 Å². The number of methoxy groups -OCH3 is 3. The Labute approximate surface area is 190 Å². The molecular formula is C18H32O10Zr. The zero-order valence-corrected chi connectivity index (χ0v) is 20.8. The third-order valence-electron chi connectivity index (χ3n) is 1.86. The van der Waals surface area contributed by atoms with Crippen LogP contribution in [-0.4, -0.2) is 67.8 Å². The van der Waals surface area contributed by atoms with Gasteiger partial charge in [-0.05, 0) is 34.6 Å². The Morgan fingerprint density at radius 1 is 0.621 bits per heavy atom. The fraction of sp³-hybridized carbons (Fsp3) is 0.667. The number of hydrogen-bond acceptors (Lipinski definition) is 10. The van der Waals surface area contributed by atoms with Crippen molar-refractivity contribution in [1.29, 1.82) is 0 Å². The maximum atomic E-state index is 10.2. The van der Waals surface area contributed by atoms with E-state index in [-0.39, 0.29) is 68.9 Å². The fourth-order valence-electron chi connectivity index (χ4n) is 0.826. The van der Waals surface area contributed by atoms with E-state index in [4.69, 9.17) is 5.11 Å². The van der Waals surface area contributed by atoms with Crippen molar-refractivity contribution in [3.05, 3.63) is 0 Å². The largest absolute Gasteiger partial charge is 0.469 e. The molecule has 0 atom stereocenters. The first-order valence-electron chi connectivity index (χ1n) is 8.10. The SMILES string of the molecule is CC(C)O.COC(=O)CC(C)=O.COC(=O)CC(C)=O.COC(=O)CC(C)=O.[Zr]. The molecule has 0 saturated carbocycles. The van der Waals surface area contributed by atoms with Gasteiger partial charge in [0, 0.05) is 32.3 Å². The molecule has 0 aliphatic carbocycles. The third-order valence-corrected chi connectivity index (χ3v) is 1.86. The Bertz CT molecular complexity index is 432. The minimum absolute atomic E-state index is 0. The summed E-state index contributed by atoms with van der Waals surface area (Å²) in [6.07, 6.45) is -0.510. The first kappa shape index (κ1) is 37.9. The Hall–Kier alpha value is -1.74. The van der Waals surface area contributed by atoms with Gasteiger partial charge in [-0.3, -0.25) is 28.8 Å². The second-order valence-corrected chi connectivity index (χ2v) is 5.46. The number of ketones is 3. The normalized spacial score (nSPS) is 8.07. The van der Waals surface area contributed by atoms with Gasteiger partial charge in [-0.1, -0.05) is 0 Å². The monoisotopic (exact) mass is 498 g/mol. The molecule has 0 aromatic heterocycles. The van der Waals surface area contributed by atoms with Crippen molar-refractivity contribution in [3.63, 3.8) is 0 Å². The van der Waals surface area contributed by atoms with Gasteiger partial charge in [0.15, 0.2) is 0 Å². The van der Waals surface area contributed by atoms with Crippen molar-refractivity contribution in [1.82, 2.24) is 0 Å². The molecule has 1 N–H and O–H groups in total. The van der Waals surface area contributed by atoms with E-state index in [1.807, 2.05) is 0 Å². The van der Waals surface area contributed by atoms with Crippen LogP contribution in [0.5, 0.6) is 0 Å². The zero-order valence-electron chi connectivity index (χ0n) is 18.3. The van der Waals surface area contributed by atoms with Crippen LogP contribution in [0.2, 0.25) is 0 Å². The molecule has 0 spiro atoms. The van der Waals surface area contributed by atoms with E-state index in [0.717, 1.165) is 0 Å². The summed E-state index contributed by atoms with van der Waals surface area (Å²) in [5, 5.41) is 8.06. The third kappa shape index (κ3) is 58.5. The van der Waals surface area contributed by atoms with Crippen LogP contribution in [0.1, 0.15) is 53.9 Å². The van der Waals surface area contributed by atoms with E-state index in [9.17, 15) is 28.8 Å². The van der Waals surface area contributed by atoms with Crippen LogP contribution in [0.3, 0.4) is 0 Å². The fourth-order valence-corrected chi connectivity index (χ4v) is 0.826. The summed E-state index contributed by atoms with van der Waals surface area (Å²) in [6.45, 7) is 7.48. The number of hydrogen-bond donors (Lipinski definition) is 1. The standard InChI is InChI=1S/3C5H8O3.C3H8O.Zr/c3*1-4(6)3-5(7)8-2;1-3(2)4;/h3*3H2,1-2H3;3-4H,1-2H3;. The van der Waals surface area contributed by atoms with Crippen molar-refractivity contribution >= 4 is 35.3 Å². The predicted molar refractivity (Wildman–Crippen MR) is 99.3 cm³/mol. The molecule has 0 unspecified atom stereocenters. The van der Waals surface area contributed by atoms with E-state index < -0.39 is 17.9 Å². The molecule has 0 aromatic rings. The molecule has 0 aromatic carbocycles. The van der Waals surface area contributed by atoms with Gasteiger partial charge in [0.1, 0.15) is 36.6 Å². The number of carbonyl (C=O) groups is 6. The zero-order chi connectivity index (χ0) is 23.3. The van der Waals surface area contributed by atoms with E-state index in [1.54, 1.807) is 13.8 Å². The number of aliphatic hydroxyl groups is 1. The summed E-state index contributed by atoms with van der Waals surface area (Å²) in [6, 6.07) is 0. The minimum atomic E-state index is -0.475. The van der Waals surface area contributed by atoms with Gasteiger partial charge in [-0.15, -0.1) is 0 Å². The average Bonchev–Trinajstić information content (AvgIpc) is 2.53. The molecule has 0 amide bonds. The molecule has 0 aliphatic rings. The summed E-state index contributed by atoms with van der Waals surface area (Å²) in [5.41, 5.74) is 0. The number of aliphatic hydroxyl groups excluding tert-OH is 1. The number of carbonyl (C=O) groups excluding carboxylic acids is 6. The number of Topliss-reactive ketones (excluding diaryl/α,β-unsaturated/α-hetero) is 3.